The van der Waals surface area contributed by atoms with Gasteiger partial charge < -0.3 is 15.8 Å². The van der Waals surface area contributed by atoms with E-state index in [-0.39, 0.29) is 11.9 Å². The number of methoxy groups -OCH3 is 1. The number of benzene rings is 2. The van der Waals surface area contributed by atoms with Gasteiger partial charge in [0.1, 0.15) is 5.75 Å². The van der Waals surface area contributed by atoms with Crippen LogP contribution in [0, 0.1) is 0 Å². The van der Waals surface area contributed by atoms with Crippen LogP contribution in [0.4, 0.5) is 5.69 Å². The minimum atomic E-state index is -0.206. The number of rotatable bonds is 4. The summed E-state index contributed by atoms with van der Waals surface area (Å²) in [6.07, 6.45) is 0. The van der Waals surface area contributed by atoms with E-state index in [2.05, 4.69) is 21.2 Å². The van der Waals surface area contributed by atoms with Crippen LogP contribution in [0.1, 0.15) is 28.9 Å². The number of anilines is 1. The molecule has 0 radical (unpaired) electrons. The molecule has 0 spiro atoms. The molecular weight excluding hydrogens is 332 g/mol. The molecule has 5 heteroatoms. The first-order chi connectivity index (χ1) is 10.0. The Morgan fingerprint density at radius 3 is 2.67 bits per heavy atom. The van der Waals surface area contributed by atoms with Crippen molar-refractivity contribution < 1.29 is 9.53 Å². The van der Waals surface area contributed by atoms with E-state index < -0.39 is 0 Å². The Hall–Kier alpha value is -2.01. The fourth-order valence-electron chi connectivity index (χ4n) is 2.01. The first-order valence-electron chi connectivity index (χ1n) is 6.51. The fourth-order valence-corrected chi connectivity index (χ4v) is 2.43. The molecule has 0 aromatic heterocycles. The molecule has 0 bridgehead atoms. The van der Waals surface area contributed by atoms with E-state index in [1.807, 2.05) is 31.2 Å². The minimum absolute atomic E-state index is 0.114. The lowest BCUT2D eigenvalue weighted by Crippen LogP contribution is -2.27. The zero-order valence-electron chi connectivity index (χ0n) is 11.9. The zero-order chi connectivity index (χ0) is 15.4. The third-order valence-corrected chi connectivity index (χ3v) is 3.69. The third-order valence-electron chi connectivity index (χ3n) is 3.20. The fraction of sp³-hybridized carbons (Fsp3) is 0.188. The van der Waals surface area contributed by atoms with E-state index in [0.717, 1.165) is 10.0 Å². The Morgan fingerprint density at radius 2 is 2.05 bits per heavy atom. The number of ether oxygens (including phenoxy) is 1. The monoisotopic (exact) mass is 348 g/mol. The van der Waals surface area contributed by atoms with Crippen molar-refractivity contribution >= 4 is 27.5 Å². The van der Waals surface area contributed by atoms with Crippen LogP contribution in [0.5, 0.6) is 5.75 Å². The van der Waals surface area contributed by atoms with Gasteiger partial charge in [-0.2, -0.15) is 0 Å². The van der Waals surface area contributed by atoms with Gasteiger partial charge in [-0.3, -0.25) is 4.79 Å². The van der Waals surface area contributed by atoms with Crippen LogP contribution in [-0.2, 0) is 0 Å². The summed E-state index contributed by atoms with van der Waals surface area (Å²) in [6.45, 7) is 1.93. The molecule has 0 aliphatic rings. The molecule has 110 valence electrons. The second-order valence-electron chi connectivity index (χ2n) is 4.70. The van der Waals surface area contributed by atoms with Crippen LogP contribution in [0.15, 0.2) is 46.9 Å². The van der Waals surface area contributed by atoms with Crippen LogP contribution < -0.4 is 15.8 Å². The molecule has 0 aliphatic carbocycles. The Labute approximate surface area is 132 Å². The summed E-state index contributed by atoms with van der Waals surface area (Å²) in [7, 11) is 1.56. The van der Waals surface area contributed by atoms with Gasteiger partial charge >= 0.3 is 0 Å². The van der Waals surface area contributed by atoms with Gasteiger partial charge in [0.2, 0.25) is 0 Å². The van der Waals surface area contributed by atoms with Crippen molar-refractivity contribution in [2.75, 3.05) is 12.8 Å². The summed E-state index contributed by atoms with van der Waals surface area (Å²) in [4.78, 5) is 12.3. The Balaban J connectivity index is 2.14. The van der Waals surface area contributed by atoms with Crippen molar-refractivity contribution in [3.8, 4) is 5.75 Å². The molecule has 0 aliphatic heterocycles. The van der Waals surface area contributed by atoms with Crippen LogP contribution in [0.2, 0.25) is 0 Å². The van der Waals surface area contributed by atoms with Gasteiger partial charge in [0.15, 0.2) is 0 Å². The number of nitrogens with one attached hydrogen (secondary N) is 1. The first kappa shape index (κ1) is 15.4. The van der Waals surface area contributed by atoms with E-state index >= 15 is 0 Å². The molecule has 0 unspecified atom stereocenters. The second-order valence-corrected chi connectivity index (χ2v) is 5.62. The highest BCUT2D eigenvalue weighted by Gasteiger charge is 2.14. The number of halogens is 1. The van der Waals surface area contributed by atoms with Crippen LogP contribution in [0.3, 0.4) is 0 Å². The minimum Gasteiger partial charge on any atom is -0.497 e. The maximum absolute atomic E-state index is 12.3. The van der Waals surface area contributed by atoms with Gasteiger partial charge in [0, 0.05) is 16.2 Å². The predicted molar refractivity (Wildman–Crippen MR) is 87.4 cm³/mol. The third kappa shape index (κ3) is 3.76. The number of hydrogen-bond acceptors (Lipinski definition) is 3. The van der Waals surface area contributed by atoms with Crippen LogP contribution in [-0.4, -0.2) is 13.0 Å². The molecule has 2 aromatic rings. The van der Waals surface area contributed by atoms with E-state index in [9.17, 15) is 4.79 Å². The summed E-state index contributed by atoms with van der Waals surface area (Å²) >= 11 is 3.42. The lowest BCUT2D eigenvalue weighted by molar-refractivity contribution is 0.0941. The molecule has 21 heavy (non-hydrogen) atoms. The van der Waals surface area contributed by atoms with Gasteiger partial charge in [0.05, 0.1) is 18.7 Å². The van der Waals surface area contributed by atoms with Crippen molar-refractivity contribution in [1.82, 2.24) is 5.32 Å². The molecule has 0 heterocycles. The van der Waals surface area contributed by atoms with E-state index in [1.54, 1.807) is 25.3 Å². The summed E-state index contributed by atoms with van der Waals surface area (Å²) < 4.78 is 6.05. The van der Waals surface area contributed by atoms with Gasteiger partial charge in [0.25, 0.3) is 5.91 Å². The average Bonchev–Trinajstić information content (AvgIpc) is 2.46. The maximum Gasteiger partial charge on any atom is 0.253 e. The molecule has 0 fully saturated rings. The summed E-state index contributed by atoms with van der Waals surface area (Å²) in [5.41, 5.74) is 7.75. The highest BCUT2D eigenvalue weighted by molar-refractivity contribution is 9.10. The molecule has 0 saturated carbocycles. The summed E-state index contributed by atoms with van der Waals surface area (Å²) in [5, 5.41) is 2.94. The molecule has 2 rings (SSSR count). The van der Waals surface area contributed by atoms with E-state index in [1.165, 1.54) is 0 Å². The molecule has 1 atom stereocenters. The highest BCUT2D eigenvalue weighted by atomic mass is 79.9. The van der Waals surface area contributed by atoms with Crippen molar-refractivity contribution in [3.05, 3.63) is 58.1 Å². The van der Waals surface area contributed by atoms with Gasteiger partial charge in [-0.1, -0.05) is 28.1 Å². The average molecular weight is 349 g/mol. The molecular formula is C16H17BrN2O2. The number of hydrogen-bond donors (Lipinski definition) is 2. The number of carbonyl (C=O) groups is 1. The number of carbonyl (C=O) groups excluding carboxylic acids is 1. The molecule has 3 N–H and O–H groups in total. The summed E-state index contributed by atoms with van der Waals surface area (Å²) in [5.74, 6) is 0.423. The zero-order valence-corrected chi connectivity index (χ0v) is 13.5. The van der Waals surface area contributed by atoms with Crippen molar-refractivity contribution in [2.45, 2.75) is 13.0 Å². The van der Waals surface area contributed by atoms with E-state index in [0.29, 0.717) is 17.0 Å². The SMILES string of the molecule is COc1ccc(C(=O)N[C@@H](C)c2cccc(Br)c2)c(N)c1. The quantitative estimate of drug-likeness (QED) is 0.830. The molecule has 0 saturated heterocycles. The lowest BCUT2D eigenvalue weighted by Gasteiger charge is -2.16. The smallest absolute Gasteiger partial charge is 0.253 e. The Bertz CT molecular complexity index is 658. The number of amides is 1. The van der Waals surface area contributed by atoms with Crippen LogP contribution >= 0.6 is 15.9 Å². The lowest BCUT2D eigenvalue weighted by atomic mass is 10.1. The predicted octanol–water partition coefficient (Wildman–Crippen LogP) is 3.53. The first-order valence-corrected chi connectivity index (χ1v) is 7.30. The van der Waals surface area contributed by atoms with Crippen LogP contribution in [0.25, 0.3) is 0 Å². The topological polar surface area (TPSA) is 64.3 Å². The second kappa shape index (κ2) is 6.63. The maximum atomic E-state index is 12.3. The summed E-state index contributed by atoms with van der Waals surface area (Å²) in [6, 6.07) is 12.7. The largest absolute Gasteiger partial charge is 0.497 e. The van der Waals surface area contributed by atoms with Crippen molar-refractivity contribution in [3.63, 3.8) is 0 Å². The molecule has 1 amide bonds. The Kier molecular flexibility index (Phi) is 4.85. The standard InChI is InChI=1S/C16H17BrN2O2/c1-10(11-4-3-5-12(17)8-11)19-16(20)14-7-6-13(21-2)9-15(14)18/h3-10H,18H2,1-2H3,(H,19,20)/t10-/m0/s1. The number of nitrogen functional groups attached to an aromatic ring is 1. The number of nitrogens with two attached hydrogens (primary N) is 1. The van der Waals surface area contributed by atoms with E-state index in [4.69, 9.17) is 10.5 Å². The Morgan fingerprint density at radius 1 is 1.29 bits per heavy atom. The van der Waals surface area contributed by atoms with Gasteiger partial charge in [-0.05, 0) is 36.8 Å². The van der Waals surface area contributed by atoms with Gasteiger partial charge in [-0.25, -0.2) is 0 Å². The van der Waals surface area contributed by atoms with Crippen molar-refractivity contribution in [2.24, 2.45) is 0 Å². The molecule has 2 aromatic carbocycles. The molecule has 4 nitrogen and oxygen atoms in total. The van der Waals surface area contributed by atoms with Gasteiger partial charge in [-0.15, -0.1) is 0 Å². The highest BCUT2D eigenvalue weighted by Crippen LogP contribution is 2.22. The normalized spacial score (nSPS) is 11.8. The van der Waals surface area contributed by atoms with Crippen molar-refractivity contribution in [1.29, 1.82) is 0 Å².